The van der Waals surface area contributed by atoms with E-state index < -0.39 is 5.97 Å². The Bertz CT molecular complexity index is 661. The molecule has 0 amide bonds. The van der Waals surface area contributed by atoms with Crippen molar-refractivity contribution in [2.75, 3.05) is 5.32 Å². The summed E-state index contributed by atoms with van der Waals surface area (Å²) in [7, 11) is 0. The molecule has 1 saturated carbocycles. The van der Waals surface area contributed by atoms with E-state index in [2.05, 4.69) is 17.2 Å². The molecule has 0 unspecified atom stereocenters. The van der Waals surface area contributed by atoms with Gasteiger partial charge >= 0.3 is 5.97 Å². The molecule has 0 radical (unpaired) electrons. The van der Waals surface area contributed by atoms with Gasteiger partial charge < -0.3 is 10.4 Å². The fourth-order valence-electron chi connectivity index (χ4n) is 3.04. The monoisotopic (exact) mass is 284 g/mol. The Kier molecular flexibility index (Phi) is 3.78. The summed E-state index contributed by atoms with van der Waals surface area (Å²) in [6.45, 7) is 2.30. The Morgan fingerprint density at radius 2 is 1.95 bits per heavy atom. The van der Waals surface area contributed by atoms with Crippen LogP contribution in [0.15, 0.2) is 30.3 Å². The van der Waals surface area contributed by atoms with E-state index in [0.29, 0.717) is 17.0 Å². The topological polar surface area (TPSA) is 62.2 Å². The number of carbonyl (C=O) groups is 1. The molecule has 1 aliphatic rings. The number of anilines is 1. The lowest BCUT2D eigenvalue weighted by Gasteiger charge is -2.27. The molecular formula is C17H20N2O2. The van der Waals surface area contributed by atoms with Crippen molar-refractivity contribution in [1.82, 2.24) is 4.98 Å². The van der Waals surface area contributed by atoms with Crippen molar-refractivity contribution in [2.45, 2.75) is 38.6 Å². The molecule has 4 nitrogen and oxygen atoms in total. The van der Waals surface area contributed by atoms with Crippen LogP contribution in [0.1, 0.15) is 43.0 Å². The second kappa shape index (κ2) is 5.72. The number of hydrogen-bond donors (Lipinski definition) is 2. The van der Waals surface area contributed by atoms with Gasteiger partial charge in [0.1, 0.15) is 5.82 Å². The van der Waals surface area contributed by atoms with Crippen molar-refractivity contribution in [3.05, 3.63) is 35.9 Å². The van der Waals surface area contributed by atoms with E-state index in [4.69, 9.17) is 0 Å². The number of fused-ring (bicyclic) bond motifs is 1. The number of carboxylic acid groups (broad SMARTS) is 1. The fraction of sp³-hybridized carbons (Fsp3) is 0.412. The molecule has 2 N–H and O–H groups in total. The van der Waals surface area contributed by atoms with Crippen molar-refractivity contribution in [1.29, 1.82) is 0 Å². The lowest BCUT2D eigenvalue weighted by atomic mass is 9.87. The molecule has 1 fully saturated rings. The molecule has 1 aromatic carbocycles. The van der Waals surface area contributed by atoms with Gasteiger partial charge in [0.15, 0.2) is 0 Å². The Morgan fingerprint density at radius 3 is 2.67 bits per heavy atom. The zero-order valence-corrected chi connectivity index (χ0v) is 12.2. The summed E-state index contributed by atoms with van der Waals surface area (Å²) in [5, 5.41) is 13.4. The van der Waals surface area contributed by atoms with Crippen LogP contribution in [0.25, 0.3) is 10.9 Å². The van der Waals surface area contributed by atoms with E-state index in [1.54, 1.807) is 12.1 Å². The zero-order valence-electron chi connectivity index (χ0n) is 12.2. The molecule has 1 aliphatic carbocycles. The first kappa shape index (κ1) is 13.9. The van der Waals surface area contributed by atoms with Crippen LogP contribution < -0.4 is 5.32 Å². The minimum absolute atomic E-state index is 0.304. The van der Waals surface area contributed by atoms with Crippen LogP contribution in [-0.4, -0.2) is 22.1 Å². The number of nitrogens with zero attached hydrogens (tertiary/aromatic N) is 1. The first-order valence-electron chi connectivity index (χ1n) is 7.53. The maximum absolute atomic E-state index is 11.2. The number of nitrogens with one attached hydrogen (secondary N) is 1. The van der Waals surface area contributed by atoms with Crippen LogP contribution in [0.2, 0.25) is 0 Å². The van der Waals surface area contributed by atoms with E-state index in [9.17, 15) is 9.90 Å². The molecule has 1 heterocycles. The lowest BCUT2D eigenvalue weighted by Crippen LogP contribution is -2.25. The maximum atomic E-state index is 11.2. The molecule has 0 bridgehead atoms. The summed E-state index contributed by atoms with van der Waals surface area (Å²) in [4.78, 5) is 15.8. The van der Waals surface area contributed by atoms with Gasteiger partial charge in [0.2, 0.25) is 0 Å². The maximum Gasteiger partial charge on any atom is 0.336 e. The van der Waals surface area contributed by atoms with Gasteiger partial charge in [-0.15, -0.1) is 0 Å². The van der Waals surface area contributed by atoms with Crippen molar-refractivity contribution < 1.29 is 9.90 Å². The largest absolute Gasteiger partial charge is 0.478 e. The van der Waals surface area contributed by atoms with Gasteiger partial charge in [-0.3, -0.25) is 0 Å². The molecular weight excluding hydrogens is 264 g/mol. The molecule has 4 heteroatoms. The van der Waals surface area contributed by atoms with Crippen molar-refractivity contribution in [3.63, 3.8) is 0 Å². The third kappa shape index (κ3) is 2.99. The van der Waals surface area contributed by atoms with Crippen molar-refractivity contribution >= 4 is 22.7 Å². The summed E-state index contributed by atoms with van der Waals surface area (Å²) in [6.07, 6.45) is 4.87. The summed E-state index contributed by atoms with van der Waals surface area (Å²) >= 11 is 0. The number of benzene rings is 1. The highest BCUT2D eigenvalue weighted by molar-refractivity contribution is 6.02. The van der Waals surface area contributed by atoms with Gasteiger partial charge in [-0.2, -0.15) is 0 Å². The highest BCUT2D eigenvalue weighted by Crippen LogP contribution is 2.26. The average Bonchev–Trinajstić information content (AvgIpc) is 2.48. The molecule has 0 atom stereocenters. The number of aromatic carboxylic acids is 1. The van der Waals surface area contributed by atoms with Crippen molar-refractivity contribution in [3.8, 4) is 0 Å². The van der Waals surface area contributed by atoms with Crippen LogP contribution in [0.3, 0.4) is 0 Å². The molecule has 110 valence electrons. The number of hydrogen-bond acceptors (Lipinski definition) is 3. The number of pyridine rings is 1. The van der Waals surface area contributed by atoms with E-state index in [1.807, 2.05) is 18.2 Å². The zero-order chi connectivity index (χ0) is 14.8. The SMILES string of the molecule is CC1CCC(Nc2ccc3c(C(=O)O)cccc3n2)CC1. The Morgan fingerprint density at radius 1 is 1.19 bits per heavy atom. The average molecular weight is 284 g/mol. The second-order valence-corrected chi connectivity index (χ2v) is 5.98. The first-order valence-corrected chi connectivity index (χ1v) is 7.53. The molecule has 3 rings (SSSR count). The van der Waals surface area contributed by atoms with Crippen LogP contribution in [-0.2, 0) is 0 Å². The van der Waals surface area contributed by atoms with Gasteiger partial charge in [-0.1, -0.05) is 13.0 Å². The molecule has 2 aromatic rings. The van der Waals surface area contributed by atoms with Gasteiger partial charge in [0, 0.05) is 11.4 Å². The quantitative estimate of drug-likeness (QED) is 0.896. The second-order valence-electron chi connectivity index (χ2n) is 5.98. The normalized spacial score (nSPS) is 22.1. The van der Waals surface area contributed by atoms with Gasteiger partial charge in [-0.05, 0) is 55.9 Å². The fourth-order valence-corrected chi connectivity index (χ4v) is 3.04. The van der Waals surface area contributed by atoms with Crippen LogP contribution in [0, 0.1) is 5.92 Å². The van der Waals surface area contributed by atoms with Crippen LogP contribution in [0.4, 0.5) is 5.82 Å². The molecule has 0 aliphatic heterocycles. The van der Waals surface area contributed by atoms with E-state index in [0.717, 1.165) is 17.3 Å². The highest BCUT2D eigenvalue weighted by Gasteiger charge is 2.18. The van der Waals surface area contributed by atoms with Gasteiger partial charge in [-0.25, -0.2) is 9.78 Å². The number of rotatable bonds is 3. The van der Waals surface area contributed by atoms with Crippen LogP contribution >= 0.6 is 0 Å². The van der Waals surface area contributed by atoms with Crippen molar-refractivity contribution in [2.24, 2.45) is 5.92 Å². The predicted molar refractivity (Wildman–Crippen MR) is 83.7 cm³/mol. The first-order chi connectivity index (χ1) is 10.1. The third-order valence-corrected chi connectivity index (χ3v) is 4.33. The molecule has 1 aromatic heterocycles. The summed E-state index contributed by atoms with van der Waals surface area (Å²) in [5.41, 5.74) is 1.03. The standard InChI is InChI=1S/C17H20N2O2/c1-11-5-7-12(8-6-11)18-16-10-9-13-14(17(20)21)3-2-4-15(13)19-16/h2-4,9-12H,5-8H2,1H3,(H,18,19)(H,20,21). The van der Waals surface area contributed by atoms with Gasteiger partial charge in [0.25, 0.3) is 0 Å². The minimum Gasteiger partial charge on any atom is -0.478 e. The Balaban J connectivity index is 1.83. The Labute approximate surface area is 124 Å². The summed E-state index contributed by atoms with van der Waals surface area (Å²) < 4.78 is 0. The predicted octanol–water partition coefficient (Wildman–Crippen LogP) is 3.92. The highest BCUT2D eigenvalue weighted by atomic mass is 16.4. The third-order valence-electron chi connectivity index (χ3n) is 4.33. The minimum atomic E-state index is -0.913. The number of aromatic nitrogens is 1. The lowest BCUT2D eigenvalue weighted by molar-refractivity contribution is 0.0699. The van der Waals surface area contributed by atoms with E-state index in [1.165, 1.54) is 25.7 Å². The smallest absolute Gasteiger partial charge is 0.336 e. The number of carboxylic acids is 1. The van der Waals surface area contributed by atoms with E-state index in [-0.39, 0.29) is 0 Å². The molecule has 0 saturated heterocycles. The van der Waals surface area contributed by atoms with Gasteiger partial charge in [0.05, 0.1) is 11.1 Å². The summed E-state index contributed by atoms with van der Waals surface area (Å²) in [5.74, 6) is 0.750. The molecule has 0 spiro atoms. The Hall–Kier alpha value is -2.10. The summed E-state index contributed by atoms with van der Waals surface area (Å²) in [6, 6.07) is 9.42. The van der Waals surface area contributed by atoms with Crippen LogP contribution in [0.5, 0.6) is 0 Å². The van der Waals surface area contributed by atoms with E-state index >= 15 is 0 Å². The molecule has 21 heavy (non-hydrogen) atoms.